The Kier molecular flexibility index (Phi) is 4.64. The van der Waals surface area contributed by atoms with Gasteiger partial charge in [0.15, 0.2) is 0 Å². The van der Waals surface area contributed by atoms with E-state index in [-0.39, 0.29) is 23.8 Å². The zero-order valence-corrected chi connectivity index (χ0v) is 12.0. The lowest BCUT2D eigenvalue weighted by atomic mass is 10.3. The minimum atomic E-state index is -0.390. The minimum absolute atomic E-state index is 0.0243. The van der Waals surface area contributed by atoms with Gasteiger partial charge in [0.05, 0.1) is 11.1 Å². The van der Waals surface area contributed by atoms with Gasteiger partial charge in [-0.3, -0.25) is 5.43 Å². The summed E-state index contributed by atoms with van der Waals surface area (Å²) in [5.41, 5.74) is 2.28. The summed E-state index contributed by atoms with van der Waals surface area (Å²) in [5.74, 6) is 5.31. The molecule has 0 aliphatic heterocycles. The first-order valence-electron chi connectivity index (χ1n) is 5.60. The number of hydrazine groups is 1. The molecular formula is C11H11BrFN5O2. The number of nitrogens with zero attached hydrogens (tertiary/aromatic N) is 3. The van der Waals surface area contributed by atoms with Gasteiger partial charge < -0.3 is 9.47 Å². The highest BCUT2D eigenvalue weighted by Crippen LogP contribution is 2.29. The van der Waals surface area contributed by atoms with Crippen molar-refractivity contribution in [2.45, 2.75) is 6.92 Å². The molecule has 0 saturated carbocycles. The van der Waals surface area contributed by atoms with E-state index in [4.69, 9.17) is 15.3 Å². The average Bonchev–Trinajstić information content (AvgIpc) is 2.42. The third-order valence-electron chi connectivity index (χ3n) is 2.09. The summed E-state index contributed by atoms with van der Waals surface area (Å²) in [6.45, 7) is 2.17. The lowest BCUT2D eigenvalue weighted by Crippen LogP contribution is -2.12. The molecule has 1 heterocycles. The Balaban J connectivity index is 2.29. The summed E-state index contributed by atoms with van der Waals surface area (Å²) in [6, 6.07) is 4.01. The zero-order chi connectivity index (χ0) is 14.5. The van der Waals surface area contributed by atoms with Gasteiger partial charge in [-0.25, -0.2) is 10.2 Å². The Bertz CT molecular complexity index is 613. The Hall–Kier alpha value is -2.00. The first-order valence-corrected chi connectivity index (χ1v) is 6.40. The third-order valence-corrected chi connectivity index (χ3v) is 2.71. The van der Waals surface area contributed by atoms with Gasteiger partial charge in [0.25, 0.3) is 0 Å². The maximum absolute atomic E-state index is 13.0. The van der Waals surface area contributed by atoms with Crippen LogP contribution in [0.25, 0.3) is 0 Å². The molecule has 9 heteroatoms. The van der Waals surface area contributed by atoms with Crippen molar-refractivity contribution in [1.29, 1.82) is 0 Å². The molecule has 0 amide bonds. The molecule has 1 aromatic carbocycles. The molecular weight excluding hydrogens is 333 g/mol. The summed E-state index contributed by atoms with van der Waals surface area (Å²) >= 11 is 3.18. The van der Waals surface area contributed by atoms with E-state index in [1.165, 1.54) is 18.2 Å². The zero-order valence-electron chi connectivity index (χ0n) is 10.4. The number of halogens is 2. The van der Waals surface area contributed by atoms with Crippen LogP contribution in [0.1, 0.15) is 6.92 Å². The molecule has 20 heavy (non-hydrogen) atoms. The molecule has 0 fully saturated rings. The highest BCUT2D eigenvalue weighted by atomic mass is 79.9. The highest BCUT2D eigenvalue weighted by molar-refractivity contribution is 9.10. The van der Waals surface area contributed by atoms with Gasteiger partial charge in [0.1, 0.15) is 11.6 Å². The van der Waals surface area contributed by atoms with E-state index in [0.29, 0.717) is 16.8 Å². The summed E-state index contributed by atoms with van der Waals surface area (Å²) in [7, 11) is 0. The van der Waals surface area contributed by atoms with Crippen LogP contribution >= 0.6 is 15.9 Å². The van der Waals surface area contributed by atoms with Crippen molar-refractivity contribution in [2.75, 3.05) is 12.0 Å². The molecule has 0 atom stereocenters. The summed E-state index contributed by atoms with van der Waals surface area (Å²) < 4.78 is 24.0. The van der Waals surface area contributed by atoms with Crippen molar-refractivity contribution in [3.63, 3.8) is 0 Å². The molecule has 0 saturated heterocycles. The Morgan fingerprint density at radius 2 is 2.05 bits per heavy atom. The van der Waals surface area contributed by atoms with Crippen LogP contribution < -0.4 is 20.7 Å². The van der Waals surface area contributed by atoms with Crippen LogP contribution in [0.2, 0.25) is 0 Å². The lowest BCUT2D eigenvalue weighted by molar-refractivity contribution is 0.303. The van der Waals surface area contributed by atoms with Crippen molar-refractivity contribution < 1.29 is 13.9 Å². The molecule has 0 aliphatic carbocycles. The number of benzene rings is 1. The Labute approximate surface area is 122 Å². The quantitative estimate of drug-likeness (QED) is 0.634. The van der Waals surface area contributed by atoms with Gasteiger partial charge in [-0.1, -0.05) is 0 Å². The second-order valence-electron chi connectivity index (χ2n) is 3.48. The first kappa shape index (κ1) is 14.4. The molecule has 0 bridgehead atoms. The lowest BCUT2D eigenvalue weighted by Gasteiger charge is -2.08. The smallest absolute Gasteiger partial charge is 0.330 e. The number of ether oxygens (including phenoxy) is 2. The third kappa shape index (κ3) is 3.52. The molecule has 0 aliphatic rings. The molecule has 0 spiro atoms. The largest absolute Gasteiger partial charge is 0.464 e. The monoisotopic (exact) mass is 343 g/mol. The van der Waals surface area contributed by atoms with E-state index < -0.39 is 0 Å². The predicted octanol–water partition coefficient (Wildman–Crippen LogP) is 2.25. The van der Waals surface area contributed by atoms with E-state index in [1.54, 1.807) is 6.92 Å². The molecule has 3 N–H and O–H groups in total. The molecule has 0 radical (unpaired) electrons. The van der Waals surface area contributed by atoms with Gasteiger partial charge in [0.2, 0.25) is 5.95 Å². The average molecular weight is 344 g/mol. The number of hydrogen-bond acceptors (Lipinski definition) is 7. The van der Waals surface area contributed by atoms with Crippen molar-refractivity contribution in [2.24, 2.45) is 5.84 Å². The normalized spacial score (nSPS) is 10.2. The fourth-order valence-corrected chi connectivity index (χ4v) is 1.73. The van der Waals surface area contributed by atoms with Crippen LogP contribution in [0, 0.1) is 5.82 Å². The van der Waals surface area contributed by atoms with Crippen LogP contribution in [-0.2, 0) is 0 Å². The molecule has 1 aromatic heterocycles. The first-order chi connectivity index (χ1) is 9.62. The van der Waals surface area contributed by atoms with Crippen molar-refractivity contribution >= 4 is 21.9 Å². The van der Waals surface area contributed by atoms with E-state index in [0.717, 1.165) is 0 Å². The van der Waals surface area contributed by atoms with E-state index >= 15 is 0 Å². The van der Waals surface area contributed by atoms with E-state index in [9.17, 15) is 4.39 Å². The molecule has 2 aromatic rings. The number of rotatable bonds is 5. The standard InChI is InChI=1S/C11H11BrFN5O2/c1-2-19-10-15-9(18-14)16-11(17-10)20-8-4-3-6(13)5-7(8)12/h3-5H,2,14H2,1H3,(H,15,16,17,18). The fraction of sp³-hybridized carbons (Fsp3) is 0.182. The van der Waals surface area contributed by atoms with Crippen molar-refractivity contribution in [1.82, 2.24) is 15.0 Å². The SMILES string of the molecule is CCOc1nc(NN)nc(Oc2ccc(F)cc2Br)n1. The maximum Gasteiger partial charge on any atom is 0.330 e. The van der Waals surface area contributed by atoms with Crippen LogP contribution in [0.5, 0.6) is 17.8 Å². The Morgan fingerprint density at radius 3 is 2.70 bits per heavy atom. The number of nitrogens with two attached hydrogens (primary N) is 1. The molecule has 0 unspecified atom stereocenters. The second-order valence-corrected chi connectivity index (χ2v) is 4.33. The van der Waals surface area contributed by atoms with Crippen LogP contribution in [0.4, 0.5) is 10.3 Å². The molecule has 7 nitrogen and oxygen atoms in total. The van der Waals surface area contributed by atoms with Crippen molar-refractivity contribution in [3.05, 3.63) is 28.5 Å². The number of nitrogen functional groups attached to an aromatic ring is 1. The van der Waals surface area contributed by atoms with Crippen LogP contribution in [0.15, 0.2) is 22.7 Å². The second kappa shape index (κ2) is 6.44. The number of nitrogens with one attached hydrogen (secondary N) is 1. The topological polar surface area (TPSA) is 95.2 Å². The fourth-order valence-electron chi connectivity index (χ4n) is 1.30. The van der Waals surface area contributed by atoms with E-state index in [1.807, 2.05) is 0 Å². The molecule has 2 rings (SSSR count). The number of anilines is 1. The predicted molar refractivity (Wildman–Crippen MR) is 73.0 cm³/mol. The summed E-state index contributed by atoms with van der Waals surface area (Å²) in [6.07, 6.45) is 0. The van der Waals surface area contributed by atoms with Gasteiger partial charge in [0, 0.05) is 0 Å². The van der Waals surface area contributed by atoms with Gasteiger partial charge in [-0.05, 0) is 41.1 Å². The van der Waals surface area contributed by atoms with E-state index in [2.05, 4.69) is 36.3 Å². The van der Waals surface area contributed by atoms with Gasteiger partial charge in [-0.2, -0.15) is 9.97 Å². The minimum Gasteiger partial charge on any atom is -0.464 e. The summed E-state index contributed by atoms with van der Waals surface area (Å²) in [4.78, 5) is 11.8. The van der Waals surface area contributed by atoms with Crippen LogP contribution in [-0.4, -0.2) is 21.6 Å². The highest BCUT2D eigenvalue weighted by Gasteiger charge is 2.11. The van der Waals surface area contributed by atoms with Crippen molar-refractivity contribution in [3.8, 4) is 17.8 Å². The van der Waals surface area contributed by atoms with Gasteiger partial charge >= 0.3 is 12.0 Å². The number of aromatic nitrogens is 3. The number of hydrogen-bond donors (Lipinski definition) is 2. The molecule has 106 valence electrons. The van der Waals surface area contributed by atoms with Crippen LogP contribution in [0.3, 0.4) is 0 Å². The van der Waals surface area contributed by atoms with Gasteiger partial charge in [-0.15, -0.1) is 4.98 Å². The maximum atomic E-state index is 13.0. The summed E-state index contributed by atoms with van der Waals surface area (Å²) in [5, 5.41) is 0. The Morgan fingerprint density at radius 1 is 1.30 bits per heavy atom.